The zero-order valence-electron chi connectivity index (χ0n) is 15.0. The fourth-order valence-electron chi connectivity index (χ4n) is 3.67. The van der Waals surface area contributed by atoms with Gasteiger partial charge in [-0.1, -0.05) is 30.3 Å². The molecule has 0 fully saturated rings. The van der Waals surface area contributed by atoms with Crippen molar-refractivity contribution in [3.05, 3.63) is 64.7 Å². The highest BCUT2D eigenvalue weighted by Crippen LogP contribution is 2.36. The second kappa shape index (κ2) is 7.56. The Bertz CT molecular complexity index is 711. The Hall–Kier alpha value is -1.88. The minimum atomic E-state index is -0.642. The summed E-state index contributed by atoms with van der Waals surface area (Å²) >= 11 is 0. The summed E-state index contributed by atoms with van der Waals surface area (Å²) in [5.41, 5.74) is 4.23. The first-order chi connectivity index (χ1) is 12.0. The van der Waals surface area contributed by atoms with E-state index in [2.05, 4.69) is 23.5 Å². The van der Waals surface area contributed by atoms with Crippen molar-refractivity contribution in [2.45, 2.75) is 38.3 Å². The lowest BCUT2D eigenvalue weighted by molar-refractivity contribution is 0.0833. The summed E-state index contributed by atoms with van der Waals surface area (Å²) in [4.78, 5) is 0. The highest BCUT2D eigenvalue weighted by atomic mass is 16.5. The van der Waals surface area contributed by atoms with Crippen LogP contribution in [0.2, 0.25) is 0 Å². The molecule has 2 atom stereocenters. The molecular weight excluding hydrogens is 314 g/mol. The molecular formula is C21H27NO3. The smallest absolute Gasteiger partial charge is 0.119 e. The quantitative estimate of drug-likeness (QED) is 0.724. The van der Waals surface area contributed by atoms with Crippen molar-refractivity contribution in [3.63, 3.8) is 0 Å². The van der Waals surface area contributed by atoms with Crippen molar-refractivity contribution in [1.29, 1.82) is 0 Å². The number of rotatable bonds is 7. The van der Waals surface area contributed by atoms with Crippen LogP contribution in [0.15, 0.2) is 42.5 Å². The van der Waals surface area contributed by atoms with Crippen LogP contribution in [0.3, 0.4) is 0 Å². The van der Waals surface area contributed by atoms with Gasteiger partial charge < -0.3 is 20.3 Å². The first-order valence-electron chi connectivity index (χ1n) is 8.86. The third-order valence-corrected chi connectivity index (χ3v) is 4.94. The van der Waals surface area contributed by atoms with Gasteiger partial charge in [-0.3, -0.25) is 0 Å². The molecule has 2 aromatic rings. The number of benzene rings is 2. The molecule has 0 aromatic heterocycles. The standard InChI is InChI=1S/C21H27NO3/c1-15-9-16(2)11-19(10-15)25-13-18(24)12-22-21(14-23)8-7-17-5-3-4-6-20(17)21/h3-6,9-11,18,22-24H,7-8,12-14H2,1-2H3. The van der Waals surface area contributed by atoms with Gasteiger partial charge in [-0.25, -0.2) is 0 Å². The molecule has 0 bridgehead atoms. The minimum Gasteiger partial charge on any atom is -0.491 e. The van der Waals surface area contributed by atoms with Crippen LogP contribution in [-0.4, -0.2) is 36.1 Å². The number of ether oxygens (including phenoxy) is 1. The van der Waals surface area contributed by atoms with Gasteiger partial charge in [0.25, 0.3) is 0 Å². The van der Waals surface area contributed by atoms with E-state index < -0.39 is 11.6 Å². The lowest BCUT2D eigenvalue weighted by Crippen LogP contribution is -2.48. The fraction of sp³-hybridized carbons (Fsp3) is 0.429. The van der Waals surface area contributed by atoms with Crippen LogP contribution in [0.4, 0.5) is 0 Å². The van der Waals surface area contributed by atoms with Crippen LogP contribution in [0.1, 0.15) is 28.7 Å². The largest absolute Gasteiger partial charge is 0.491 e. The minimum absolute atomic E-state index is 0.0225. The van der Waals surface area contributed by atoms with E-state index >= 15 is 0 Å². The third-order valence-electron chi connectivity index (χ3n) is 4.94. The lowest BCUT2D eigenvalue weighted by Gasteiger charge is -2.31. The number of hydrogen-bond donors (Lipinski definition) is 3. The fourth-order valence-corrected chi connectivity index (χ4v) is 3.67. The van der Waals surface area contributed by atoms with E-state index in [0.717, 1.165) is 35.3 Å². The molecule has 4 heteroatoms. The second-order valence-corrected chi connectivity index (χ2v) is 7.07. The summed E-state index contributed by atoms with van der Waals surface area (Å²) < 4.78 is 5.73. The Balaban J connectivity index is 1.57. The van der Waals surface area contributed by atoms with Crippen molar-refractivity contribution in [2.24, 2.45) is 0 Å². The molecule has 0 radical (unpaired) electrons. The van der Waals surface area contributed by atoms with Crippen LogP contribution in [0.5, 0.6) is 5.75 Å². The van der Waals surface area contributed by atoms with Crippen molar-refractivity contribution < 1.29 is 14.9 Å². The number of aliphatic hydroxyl groups excluding tert-OH is 2. The SMILES string of the molecule is Cc1cc(C)cc(OCC(O)CNC2(CO)CCc3ccccc32)c1. The van der Waals surface area contributed by atoms with Gasteiger partial charge >= 0.3 is 0 Å². The number of aryl methyl sites for hydroxylation is 3. The molecule has 134 valence electrons. The van der Waals surface area contributed by atoms with E-state index in [1.165, 1.54) is 5.56 Å². The molecule has 0 heterocycles. The third kappa shape index (κ3) is 4.03. The summed E-state index contributed by atoms with van der Waals surface area (Å²) in [6, 6.07) is 14.2. The molecule has 25 heavy (non-hydrogen) atoms. The Kier molecular flexibility index (Phi) is 5.42. The van der Waals surface area contributed by atoms with Crippen molar-refractivity contribution in [1.82, 2.24) is 5.32 Å². The average Bonchev–Trinajstić information content (AvgIpc) is 2.97. The molecule has 0 amide bonds. The van der Waals surface area contributed by atoms with Crippen LogP contribution < -0.4 is 10.1 Å². The van der Waals surface area contributed by atoms with Crippen LogP contribution >= 0.6 is 0 Å². The monoisotopic (exact) mass is 341 g/mol. The van der Waals surface area contributed by atoms with E-state index in [-0.39, 0.29) is 13.2 Å². The van der Waals surface area contributed by atoms with Gasteiger partial charge in [0, 0.05) is 6.54 Å². The molecule has 4 nitrogen and oxygen atoms in total. The second-order valence-electron chi connectivity index (χ2n) is 7.07. The molecule has 0 spiro atoms. The number of nitrogens with one attached hydrogen (secondary N) is 1. The Morgan fingerprint density at radius 1 is 1.16 bits per heavy atom. The Morgan fingerprint density at radius 3 is 2.60 bits per heavy atom. The molecule has 0 aliphatic heterocycles. The van der Waals surface area contributed by atoms with Gasteiger partial charge in [0.2, 0.25) is 0 Å². The molecule has 0 saturated carbocycles. The Morgan fingerprint density at radius 2 is 1.88 bits per heavy atom. The van der Waals surface area contributed by atoms with Crippen LogP contribution in [-0.2, 0) is 12.0 Å². The van der Waals surface area contributed by atoms with E-state index in [1.54, 1.807) is 0 Å². The van der Waals surface area contributed by atoms with Crippen molar-refractivity contribution in [2.75, 3.05) is 19.8 Å². The maximum Gasteiger partial charge on any atom is 0.119 e. The van der Waals surface area contributed by atoms with E-state index in [0.29, 0.717) is 6.54 Å². The molecule has 0 saturated heterocycles. The van der Waals surface area contributed by atoms with Crippen LogP contribution in [0, 0.1) is 13.8 Å². The summed E-state index contributed by atoms with van der Waals surface area (Å²) in [5, 5.41) is 23.6. The van der Waals surface area contributed by atoms with Gasteiger partial charge in [0.15, 0.2) is 0 Å². The highest BCUT2D eigenvalue weighted by molar-refractivity contribution is 5.39. The highest BCUT2D eigenvalue weighted by Gasteiger charge is 2.37. The van der Waals surface area contributed by atoms with Gasteiger partial charge in [0.05, 0.1) is 12.1 Å². The van der Waals surface area contributed by atoms with Crippen LogP contribution in [0.25, 0.3) is 0 Å². The molecule has 2 aromatic carbocycles. The molecule has 1 aliphatic rings. The summed E-state index contributed by atoms with van der Waals surface area (Å²) in [7, 11) is 0. The maximum absolute atomic E-state index is 10.3. The zero-order chi connectivity index (χ0) is 17.9. The maximum atomic E-state index is 10.3. The van der Waals surface area contributed by atoms with Crippen molar-refractivity contribution >= 4 is 0 Å². The number of aliphatic hydroxyl groups is 2. The summed E-state index contributed by atoms with van der Waals surface area (Å²) in [6.45, 7) is 4.67. The molecule has 3 rings (SSSR count). The summed E-state index contributed by atoms with van der Waals surface area (Å²) in [6.07, 6.45) is 1.14. The Labute approximate surface area is 149 Å². The van der Waals surface area contributed by atoms with Gasteiger partial charge in [-0.15, -0.1) is 0 Å². The first-order valence-corrected chi connectivity index (χ1v) is 8.86. The summed E-state index contributed by atoms with van der Waals surface area (Å²) in [5.74, 6) is 0.777. The zero-order valence-corrected chi connectivity index (χ0v) is 15.0. The van der Waals surface area contributed by atoms with Gasteiger partial charge in [-0.05, 0) is 61.1 Å². The van der Waals surface area contributed by atoms with E-state index in [9.17, 15) is 10.2 Å². The molecule has 3 N–H and O–H groups in total. The van der Waals surface area contributed by atoms with Gasteiger partial charge in [-0.2, -0.15) is 0 Å². The first kappa shape index (κ1) is 17.9. The number of hydrogen-bond acceptors (Lipinski definition) is 4. The normalized spacial score (nSPS) is 20.3. The predicted molar refractivity (Wildman–Crippen MR) is 98.9 cm³/mol. The van der Waals surface area contributed by atoms with Gasteiger partial charge in [0.1, 0.15) is 18.5 Å². The van der Waals surface area contributed by atoms with E-state index in [4.69, 9.17) is 4.74 Å². The topological polar surface area (TPSA) is 61.7 Å². The molecule has 1 aliphatic carbocycles. The van der Waals surface area contributed by atoms with Crippen molar-refractivity contribution in [3.8, 4) is 5.75 Å². The predicted octanol–water partition coefficient (Wildman–Crippen LogP) is 2.47. The van der Waals surface area contributed by atoms with E-state index in [1.807, 2.05) is 38.1 Å². The molecule has 2 unspecified atom stereocenters. The average molecular weight is 341 g/mol. The lowest BCUT2D eigenvalue weighted by atomic mass is 9.92. The number of fused-ring (bicyclic) bond motifs is 1.